The molecular weight excluding hydrogens is 459 g/mol. The Morgan fingerprint density at radius 2 is 1.80 bits per heavy atom. The molecule has 0 spiro atoms. The highest BCUT2D eigenvalue weighted by molar-refractivity contribution is 7.99. The first-order valence-corrected chi connectivity index (χ1v) is 13.0. The van der Waals surface area contributed by atoms with Crippen LogP contribution in [0.15, 0.2) is 76.5 Å². The van der Waals surface area contributed by atoms with Crippen LogP contribution in [0.4, 0.5) is 10.1 Å². The van der Waals surface area contributed by atoms with Gasteiger partial charge in [0.2, 0.25) is 0 Å². The highest BCUT2D eigenvalue weighted by Crippen LogP contribution is 2.42. The van der Waals surface area contributed by atoms with Crippen LogP contribution in [0.25, 0.3) is 0 Å². The second-order valence-electron chi connectivity index (χ2n) is 9.65. The molecule has 1 heterocycles. The van der Waals surface area contributed by atoms with Crippen LogP contribution >= 0.6 is 11.8 Å². The van der Waals surface area contributed by atoms with Crippen molar-refractivity contribution in [1.29, 1.82) is 0 Å². The van der Waals surface area contributed by atoms with Gasteiger partial charge >= 0.3 is 0 Å². The van der Waals surface area contributed by atoms with Gasteiger partial charge in [-0.1, -0.05) is 62.7 Å². The average molecular weight is 489 g/mol. The van der Waals surface area contributed by atoms with Crippen LogP contribution < -0.4 is 10.2 Å². The summed E-state index contributed by atoms with van der Waals surface area (Å²) in [5.74, 6) is 0.445. The summed E-state index contributed by atoms with van der Waals surface area (Å²) in [6.07, 6.45) is 3.31. The van der Waals surface area contributed by atoms with E-state index in [4.69, 9.17) is 0 Å². The second-order valence-corrected chi connectivity index (χ2v) is 10.7. The van der Waals surface area contributed by atoms with Gasteiger partial charge < -0.3 is 10.2 Å². The third kappa shape index (κ3) is 4.85. The van der Waals surface area contributed by atoms with Crippen LogP contribution in [0.3, 0.4) is 0 Å². The van der Waals surface area contributed by atoms with Crippen LogP contribution in [-0.4, -0.2) is 17.9 Å². The fourth-order valence-electron chi connectivity index (χ4n) is 5.03. The van der Waals surface area contributed by atoms with Crippen molar-refractivity contribution in [3.8, 4) is 0 Å². The molecule has 5 rings (SSSR count). The summed E-state index contributed by atoms with van der Waals surface area (Å²) in [5.41, 5.74) is 2.66. The molecule has 2 amide bonds. The van der Waals surface area contributed by atoms with E-state index < -0.39 is 0 Å². The van der Waals surface area contributed by atoms with Crippen LogP contribution in [-0.2, 0) is 6.54 Å². The van der Waals surface area contributed by atoms with E-state index in [1.165, 1.54) is 30.3 Å². The van der Waals surface area contributed by atoms with Crippen molar-refractivity contribution in [2.75, 3.05) is 4.90 Å². The molecule has 6 heteroatoms. The maximum atomic E-state index is 13.7. The van der Waals surface area contributed by atoms with Gasteiger partial charge in [0.25, 0.3) is 11.8 Å². The van der Waals surface area contributed by atoms with E-state index in [0.717, 1.165) is 28.2 Å². The van der Waals surface area contributed by atoms with Crippen molar-refractivity contribution in [2.45, 2.75) is 55.5 Å². The van der Waals surface area contributed by atoms with Gasteiger partial charge in [0.1, 0.15) is 5.82 Å². The summed E-state index contributed by atoms with van der Waals surface area (Å²) in [7, 11) is 0. The van der Waals surface area contributed by atoms with Gasteiger partial charge in [-0.2, -0.15) is 0 Å². The number of carbonyl (C=O) groups is 2. The molecule has 1 N–H and O–H groups in total. The van der Waals surface area contributed by atoms with Gasteiger partial charge in [0.05, 0.1) is 17.8 Å². The molecule has 1 fully saturated rings. The van der Waals surface area contributed by atoms with Crippen molar-refractivity contribution < 1.29 is 14.0 Å². The number of anilines is 1. The Kier molecular flexibility index (Phi) is 6.65. The summed E-state index contributed by atoms with van der Waals surface area (Å²) < 4.78 is 13.5. The first kappa shape index (κ1) is 23.6. The van der Waals surface area contributed by atoms with Gasteiger partial charge in [-0.15, -0.1) is 0 Å². The van der Waals surface area contributed by atoms with Gasteiger partial charge in [-0.05, 0) is 66.3 Å². The molecule has 3 atom stereocenters. The Hall–Kier alpha value is -3.12. The Morgan fingerprint density at radius 1 is 1.03 bits per heavy atom. The molecule has 0 aromatic heterocycles. The summed E-state index contributed by atoms with van der Waals surface area (Å²) in [4.78, 5) is 30.4. The summed E-state index contributed by atoms with van der Waals surface area (Å²) in [5, 5.41) is 3.25. The second kappa shape index (κ2) is 9.86. The molecule has 1 aliphatic carbocycles. The normalized spacial score (nSPS) is 21.6. The zero-order valence-electron chi connectivity index (χ0n) is 20.0. The van der Waals surface area contributed by atoms with Crippen molar-refractivity contribution in [3.05, 3.63) is 89.2 Å². The van der Waals surface area contributed by atoms with E-state index >= 15 is 0 Å². The van der Waals surface area contributed by atoms with Crippen molar-refractivity contribution in [3.63, 3.8) is 0 Å². The highest BCUT2D eigenvalue weighted by Gasteiger charge is 2.30. The average Bonchev–Trinajstić information content (AvgIpc) is 2.97. The molecule has 180 valence electrons. The molecule has 1 saturated carbocycles. The largest absolute Gasteiger partial charge is 0.349 e. The lowest BCUT2D eigenvalue weighted by atomic mass is 9.78. The van der Waals surface area contributed by atoms with E-state index in [9.17, 15) is 14.0 Å². The van der Waals surface area contributed by atoms with E-state index in [-0.39, 0.29) is 30.2 Å². The van der Waals surface area contributed by atoms with E-state index in [1.54, 1.807) is 17.0 Å². The molecule has 4 nitrogen and oxygen atoms in total. The fraction of sp³-hybridized carbons (Fsp3) is 0.310. The van der Waals surface area contributed by atoms with Crippen LogP contribution in [0, 0.1) is 17.7 Å². The number of nitrogens with zero attached hydrogens (tertiary/aromatic N) is 1. The summed E-state index contributed by atoms with van der Waals surface area (Å²) in [6.45, 7) is 4.74. The predicted octanol–water partition coefficient (Wildman–Crippen LogP) is 6.69. The molecule has 3 aromatic rings. The number of amides is 2. The zero-order valence-corrected chi connectivity index (χ0v) is 20.8. The highest BCUT2D eigenvalue weighted by atomic mass is 32.2. The van der Waals surface area contributed by atoms with Crippen LogP contribution in [0.5, 0.6) is 0 Å². The van der Waals surface area contributed by atoms with E-state index in [1.807, 2.05) is 42.5 Å². The molecular formula is C29H29FN2O2S. The smallest absolute Gasteiger partial charge is 0.259 e. The molecule has 0 bridgehead atoms. The molecule has 0 radical (unpaired) electrons. The molecule has 1 aliphatic heterocycles. The lowest BCUT2D eigenvalue weighted by Gasteiger charge is -2.34. The Morgan fingerprint density at radius 3 is 2.60 bits per heavy atom. The number of hydrogen-bond acceptors (Lipinski definition) is 3. The van der Waals surface area contributed by atoms with Crippen molar-refractivity contribution in [2.24, 2.45) is 11.8 Å². The molecule has 35 heavy (non-hydrogen) atoms. The molecule has 2 aliphatic rings. The number of benzene rings is 3. The lowest BCUT2D eigenvalue weighted by molar-refractivity contribution is 0.0889. The minimum Gasteiger partial charge on any atom is -0.349 e. The number of hydrogen-bond donors (Lipinski definition) is 1. The SMILES string of the molecule is C[C@H]1[C@H](C)CCC[C@H]1NC(=O)c1ccc2c(c1)N(Cc1ccc(F)cc1)C(=O)c1ccccc1S2. The van der Waals surface area contributed by atoms with Gasteiger partial charge in [-0.25, -0.2) is 4.39 Å². The molecule has 3 aromatic carbocycles. The maximum Gasteiger partial charge on any atom is 0.259 e. The third-order valence-electron chi connectivity index (χ3n) is 7.37. The minimum absolute atomic E-state index is 0.111. The number of halogens is 1. The summed E-state index contributed by atoms with van der Waals surface area (Å²) >= 11 is 1.53. The Balaban J connectivity index is 1.50. The first-order chi connectivity index (χ1) is 16.9. The van der Waals surface area contributed by atoms with Crippen LogP contribution in [0.1, 0.15) is 59.4 Å². The van der Waals surface area contributed by atoms with Gasteiger partial charge in [0.15, 0.2) is 0 Å². The van der Waals surface area contributed by atoms with E-state index in [2.05, 4.69) is 19.2 Å². The molecule has 0 saturated heterocycles. The fourth-order valence-corrected chi connectivity index (χ4v) is 6.09. The van der Waals surface area contributed by atoms with Gasteiger partial charge in [0, 0.05) is 21.4 Å². The maximum absolute atomic E-state index is 13.7. The third-order valence-corrected chi connectivity index (χ3v) is 8.51. The van der Waals surface area contributed by atoms with Crippen LogP contribution in [0.2, 0.25) is 0 Å². The first-order valence-electron chi connectivity index (χ1n) is 12.2. The lowest BCUT2D eigenvalue weighted by Crippen LogP contribution is -2.43. The van der Waals surface area contributed by atoms with Gasteiger partial charge in [-0.3, -0.25) is 9.59 Å². The van der Waals surface area contributed by atoms with Crippen molar-refractivity contribution >= 4 is 29.3 Å². The number of rotatable bonds is 4. The Labute approximate surface area is 209 Å². The number of nitrogens with one attached hydrogen (secondary N) is 1. The number of carbonyl (C=O) groups excluding carboxylic acids is 2. The van der Waals surface area contributed by atoms with E-state index in [0.29, 0.717) is 28.7 Å². The summed E-state index contributed by atoms with van der Waals surface area (Å²) in [6, 6.07) is 19.5. The Bertz CT molecular complexity index is 1260. The van der Waals surface area contributed by atoms with Crippen molar-refractivity contribution in [1.82, 2.24) is 5.32 Å². The topological polar surface area (TPSA) is 49.4 Å². The molecule has 0 unspecified atom stereocenters. The minimum atomic E-state index is -0.317. The quantitative estimate of drug-likeness (QED) is 0.445. The predicted molar refractivity (Wildman–Crippen MR) is 137 cm³/mol. The zero-order chi connectivity index (χ0) is 24.5. The number of fused-ring (bicyclic) bond motifs is 2. The standard InChI is InChI=1S/C29H29FN2O2S/c1-18-6-5-8-24(19(18)2)31-28(33)21-12-15-27-25(16-21)32(17-20-10-13-22(30)14-11-20)29(34)23-7-3-4-9-26(23)35-27/h3-4,7,9-16,18-19,24H,5-6,8,17H2,1-2H3,(H,31,33)/t18-,19+,24-/m1/s1. The monoisotopic (exact) mass is 488 g/mol.